The third-order valence-corrected chi connectivity index (χ3v) is 5.77. The Labute approximate surface area is 153 Å². The summed E-state index contributed by atoms with van der Waals surface area (Å²) in [5.74, 6) is 0.158. The molecule has 1 amide bonds. The van der Waals surface area contributed by atoms with Crippen molar-refractivity contribution in [1.82, 2.24) is 20.2 Å². The van der Waals surface area contributed by atoms with Crippen LogP contribution in [-0.4, -0.2) is 45.4 Å². The van der Waals surface area contributed by atoms with E-state index in [0.29, 0.717) is 13.1 Å². The lowest BCUT2D eigenvalue weighted by molar-refractivity contribution is -0.149. The number of hydrogen-bond acceptors (Lipinski definition) is 6. The fourth-order valence-electron chi connectivity index (χ4n) is 4.18. The molecular formula is C19H26N4O3. The van der Waals surface area contributed by atoms with Gasteiger partial charge in [-0.25, -0.2) is 9.97 Å². The molecule has 2 atom stereocenters. The molecule has 4 rings (SSSR count). The SMILES string of the molecule is CC1(C)OC(=O)CC1C(=O)N1CCc2nc(C3CCCCN3)ncc2C1. The summed E-state index contributed by atoms with van der Waals surface area (Å²) in [6.07, 6.45) is 6.26. The lowest BCUT2D eigenvalue weighted by Crippen LogP contribution is -2.45. The lowest BCUT2D eigenvalue weighted by atomic mass is 9.89. The summed E-state index contributed by atoms with van der Waals surface area (Å²) in [5, 5.41) is 3.48. The molecular weight excluding hydrogens is 332 g/mol. The van der Waals surface area contributed by atoms with Gasteiger partial charge in [0.1, 0.15) is 11.4 Å². The number of nitrogens with one attached hydrogen (secondary N) is 1. The Balaban J connectivity index is 1.48. The fraction of sp³-hybridized carbons (Fsp3) is 0.684. The molecule has 140 valence electrons. The van der Waals surface area contributed by atoms with E-state index in [1.807, 2.05) is 24.9 Å². The molecule has 1 aromatic rings. The van der Waals surface area contributed by atoms with Crippen LogP contribution in [0.25, 0.3) is 0 Å². The zero-order valence-corrected chi connectivity index (χ0v) is 15.5. The molecule has 0 saturated carbocycles. The molecule has 7 nitrogen and oxygen atoms in total. The first-order valence-electron chi connectivity index (χ1n) is 9.53. The van der Waals surface area contributed by atoms with Crippen molar-refractivity contribution in [1.29, 1.82) is 0 Å². The molecule has 2 saturated heterocycles. The van der Waals surface area contributed by atoms with Crippen molar-refractivity contribution in [3.63, 3.8) is 0 Å². The number of esters is 1. The van der Waals surface area contributed by atoms with Crippen LogP contribution in [-0.2, 0) is 27.3 Å². The Hall–Kier alpha value is -2.02. The summed E-state index contributed by atoms with van der Waals surface area (Å²) >= 11 is 0. The highest BCUT2D eigenvalue weighted by molar-refractivity contribution is 5.87. The summed E-state index contributed by atoms with van der Waals surface area (Å²) in [6, 6.07) is 0.246. The van der Waals surface area contributed by atoms with Gasteiger partial charge in [0.05, 0.1) is 24.1 Å². The van der Waals surface area contributed by atoms with Gasteiger partial charge in [-0.1, -0.05) is 6.42 Å². The number of ether oxygens (including phenoxy) is 1. The minimum atomic E-state index is -0.735. The molecule has 3 aliphatic rings. The first-order valence-corrected chi connectivity index (χ1v) is 9.53. The zero-order valence-electron chi connectivity index (χ0n) is 15.5. The Morgan fingerprint density at radius 2 is 2.23 bits per heavy atom. The number of cyclic esters (lactones) is 1. The van der Waals surface area contributed by atoms with E-state index in [1.165, 1.54) is 12.8 Å². The van der Waals surface area contributed by atoms with E-state index in [1.54, 1.807) is 0 Å². The maximum Gasteiger partial charge on any atom is 0.307 e. The number of rotatable bonds is 2. The average molecular weight is 358 g/mol. The van der Waals surface area contributed by atoms with Crippen molar-refractivity contribution in [2.75, 3.05) is 13.1 Å². The third kappa shape index (κ3) is 3.20. The molecule has 4 heterocycles. The fourth-order valence-corrected chi connectivity index (χ4v) is 4.18. The van der Waals surface area contributed by atoms with Gasteiger partial charge in [0, 0.05) is 31.3 Å². The van der Waals surface area contributed by atoms with Crippen molar-refractivity contribution >= 4 is 11.9 Å². The lowest BCUT2D eigenvalue weighted by Gasteiger charge is -2.33. The molecule has 1 N–H and O–H groups in total. The largest absolute Gasteiger partial charge is 0.459 e. The molecule has 0 spiro atoms. The predicted molar refractivity (Wildman–Crippen MR) is 94.0 cm³/mol. The molecule has 0 radical (unpaired) electrons. The van der Waals surface area contributed by atoms with Gasteiger partial charge in [-0.2, -0.15) is 0 Å². The van der Waals surface area contributed by atoms with E-state index in [4.69, 9.17) is 9.72 Å². The quantitative estimate of drug-likeness (QED) is 0.807. The number of aromatic nitrogens is 2. The van der Waals surface area contributed by atoms with Crippen LogP contribution in [0, 0.1) is 5.92 Å². The van der Waals surface area contributed by atoms with E-state index in [9.17, 15) is 9.59 Å². The summed E-state index contributed by atoms with van der Waals surface area (Å²) < 4.78 is 5.31. The van der Waals surface area contributed by atoms with Gasteiger partial charge in [0.2, 0.25) is 5.91 Å². The second-order valence-electron chi connectivity index (χ2n) is 8.05. The molecule has 0 aliphatic carbocycles. The van der Waals surface area contributed by atoms with E-state index in [0.717, 1.165) is 36.5 Å². The highest BCUT2D eigenvalue weighted by Crippen LogP contribution is 2.35. The summed E-state index contributed by atoms with van der Waals surface area (Å²) in [7, 11) is 0. The van der Waals surface area contributed by atoms with Crippen LogP contribution in [0.1, 0.15) is 62.7 Å². The van der Waals surface area contributed by atoms with Crippen molar-refractivity contribution < 1.29 is 14.3 Å². The van der Waals surface area contributed by atoms with Crippen LogP contribution in [0.15, 0.2) is 6.20 Å². The third-order valence-electron chi connectivity index (χ3n) is 5.77. The van der Waals surface area contributed by atoms with Crippen LogP contribution < -0.4 is 5.32 Å². The van der Waals surface area contributed by atoms with E-state index >= 15 is 0 Å². The van der Waals surface area contributed by atoms with Gasteiger partial charge in [0.15, 0.2) is 0 Å². The highest BCUT2D eigenvalue weighted by atomic mass is 16.6. The molecule has 7 heteroatoms. The minimum absolute atomic E-state index is 0.00970. The van der Waals surface area contributed by atoms with E-state index in [-0.39, 0.29) is 24.3 Å². The van der Waals surface area contributed by atoms with Crippen LogP contribution in [0.2, 0.25) is 0 Å². The van der Waals surface area contributed by atoms with Gasteiger partial charge < -0.3 is 15.0 Å². The minimum Gasteiger partial charge on any atom is -0.459 e. The van der Waals surface area contributed by atoms with Crippen LogP contribution >= 0.6 is 0 Å². The van der Waals surface area contributed by atoms with Crippen molar-refractivity contribution in [2.24, 2.45) is 5.92 Å². The smallest absolute Gasteiger partial charge is 0.307 e. The molecule has 0 bridgehead atoms. The number of hydrogen-bond donors (Lipinski definition) is 1. The molecule has 2 fully saturated rings. The first-order chi connectivity index (χ1) is 12.4. The number of nitrogens with zero attached hydrogens (tertiary/aromatic N) is 3. The van der Waals surface area contributed by atoms with Crippen LogP contribution in [0.3, 0.4) is 0 Å². The monoisotopic (exact) mass is 358 g/mol. The Bertz CT molecular complexity index is 727. The van der Waals surface area contributed by atoms with Gasteiger partial charge in [-0.05, 0) is 33.2 Å². The normalized spacial score (nSPS) is 27.8. The molecule has 26 heavy (non-hydrogen) atoms. The first kappa shape index (κ1) is 17.4. The van der Waals surface area contributed by atoms with Gasteiger partial charge >= 0.3 is 5.97 Å². The van der Waals surface area contributed by atoms with E-state index < -0.39 is 11.5 Å². The molecule has 3 aliphatic heterocycles. The maximum absolute atomic E-state index is 12.9. The van der Waals surface area contributed by atoms with Crippen LogP contribution in [0.4, 0.5) is 0 Å². The second kappa shape index (κ2) is 6.61. The van der Waals surface area contributed by atoms with Gasteiger partial charge in [0.25, 0.3) is 0 Å². The average Bonchev–Trinajstić information content (AvgIpc) is 2.93. The predicted octanol–water partition coefficient (Wildman–Crippen LogP) is 1.52. The molecule has 1 aromatic heterocycles. The summed E-state index contributed by atoms with van der Waals surface area (Å²) in [6.45, 7) is 5.77. The highest BCUT2D eigenvalue weighted by Gasteiger charge is 2.47. The summed E-state index contributed by atoms with van der Waals surface area (Å²) in [5.41, 5.74) is 1.32. The topological polar surface area (TPSA) is 84.4 Å². The van der Waals surface area contributed by atoms with E-state index in [2.05, 4.69) is 10.3 Å². The van der Waals surface area contributed by atoms with Gasteiger partial charge in [-0.3, -0.25) is 9.59 Å². The maximum atomic E-state index is 12.9. The Morgan fingerprint density at radius 1 is 1.38 bits per heavy atom. The van der Waals surface area contributed by atoms with Crippen molar-refractivity contribution in [3.8, 4) is 0 Å². The molecule has 2 unspecified atom stereocenters. The number of carbonyl (C=O) groups excluding carboxylic acids is 2. The Morgan fingerprint density at radius 3 is 2.92 bits per heavy atom. The number of fused-ring (bicyclic) bond motifs is 1. The van der Waals surface area contributed by atoms with Gasteiger partial charge in [-0.15, -0.1) is 0 Å². The molecule has 0 aromatic carbocycles. The number of piperidine rings is 1. The Kier molecular flexibility index (Phi) is 4.42. The summed E-state index contributed by atoms with van der Waals surface area (Å²) in [4.78, 5) is 35.7. The zero-order chi connectivity index (χ0) is 18.3. The van der Waals surface area contributed by atoms with Crippen molar-refractivity contribution in [3.05, 3.63) is 23.3 Å². The van der Waals surface area contributed by atoms with Crippen molar-refractivity contribution in [2.45, 2.75) is 64.1 Å². The standard InChI is InChI=1S/C19H26N4O3/c1-19(2)13(9-16(24)26-19)18(25)23-8-6-14-12(11-23)10-21-17(22-14)15-5-3-4-7-20-15/h10,13,15,20H,3-9,11H2,1-2H3. The number of amides is 1. The second-order valence-corrected chi connectivity index (χ2v) is 8.05. The van der Waals surface area contributed by atoms with Crippen LogP contribution in [0.5, 0.6) is 0 Å². The number of carbonyl (C=O) groups is 2.